The van der Waals surface area contributed by atoms with E-state index in [4.69, 9.17) is 4.74 Å². The van der Waals surface area contributed by atoms with Crippen molar-refractivity contribution < 1.29 is 4.74 Å². The number of fused-ring (bicyclic) bond motifs is 1. The highest BCUT2D eigenvalue weighted by Crippen LogP contribution is 2.25. The van der Waals surface area contributed by atoms with E-state index in [0.29, 0.717) is 18.6 Å². The molecule has 2 rings (SSSR count). The number of nitrogens with one attached hydrogen (secondary N) is 1. The normalized spacial score (nSPS) is 11.5. The van der Waals surface area contributed by atoms with Crippen molar-refractivity contribution in [1.29, 1.82) is 0 Å². The summed E-state index contributed by atoms with van der Waals surface area (Å²) in [5, 5.41) is 5.67. The van der Waals surface area contributed by atoms with Crippen molar-refractivity contribution >= 4 is 10.8 Å². The maximum absolute atomic E-state index is 5.89. The van der Waals surface area contributed by atoms with Crippen molar-refractivity contribution in [2.45, 2.75) is 40.3 Å². The molecule has 0 fully saturated rings. The molecular formula is C17H24N2O. The minimum atomic E-state index is 0.448. The quantitative estimate of drug-likeness (QED) is 0.869. The highest BCUT2D eigenvalue weighted by molar-refractivity contribution is 5.87. The van der Waals surface area contributed by atoms with Gasteiger partial charge in [0.15, 0.2) is 0 Å². The molecule has 0 aliphatic heterocycles. The average molecular weight is 272 g/mol. The first-order chi connectivity index (χ1) is 9.56. The van der Waals surface area contributed by atoms with Gasteiger partial charge in [-0.05, 0) is 23.4 Å². The third kappa shape index (κ3) is 3.94. The molecule has 0 saturated carbocycles. The SMILES string of the molecule is CC(C)COc1nc(CNC(C)C)cc2ccccc12. The van der Waals surface area contributed by atoms with Gasteiger partial charge in [0.25, 0.3) is 0 Å². The Morgan fingerprint density at radius 1 is 1.15 bits per heavy atom. The van der Waals surface area contributed by atoms with E-state index < -0.39 is 0 Å². The molecule has 0 atom stereocenters. The Balaban J connectivity index is 2.31. The van der Waals surface area contributed by atoms with Crippen molar-refractivity contribution in [2.75, 3.05) is 6.61 Å². The molecule has 0 amide bonds. The fourth-order valence-corrected chi connectivity index (χ4v) is 1.97. The number of hydrogen-bond donors (Lipinski definition) is 1. The molecule has 20 heavy (non-hydrogen) atoms. The molecule has 1 aromatic heterocycles. The van der Waals surface area contributed by atoms with E-state index in [0.717, 1.165) is 23.5 Å². The molecule has 108 valence electrons. The van der Waals surface area contributed by atoms with Crippen LogP contribution in [0.15, 0.2) is 30.3 Å². The Morgan fingerprint density at radius 2 is 1.90 bits per heavy atom. The van der Waals surface area contributed by atoms with Crippen LogP contribution >= 0.6 is 0 Å². The van der Waals surface area contributed by atoms with Crippen molar-refractivity contribution in [1.82, 2.24) is 10.3 Å². The van der Waals surface area contributed by atoms with Crippen LogP contribution in [-0.4, -0.2) is 17.6 Å². The highest BCUT2D eigenvalue weighted by Gasteiger charge is 2.08. The molecular weight excluding hydrogens is 248 g/mol. The van der Waals surface area contributed by atoms with Gasteiger partial charge >= 0.3 is 0 Å². The predicted molar refractivity (Wildman–Crippen MR) is 84.1 cm³/mol. The van der Waals surface area contributed by atoms with E-state index in [-0.39, 0.29) is 0 Å². The number of nitrogens with zero attached hydrogens (tertiary/aromatic N) is 1. The Hall–Kier alpha value is -1.61. The molecule has 0 bridgehead atoms. The maximum Gasteiger partial charge on any atom is 0.221 e. The van der Waals surface area contributed by atoms with Gasteiger partial charge in [-0.25, -0.2) is 4.98 Å². The monoisotopic (exact) mass is 272 g/mol. The van der Waals surface area contributed by atoms with Crippen molar-refractivity contribution in [3.8, 4) is 5.88 Å². The van der Waals surface area contributed by atoms with Gasteiger partial charge in [-0.2, -0.15) is 0 Å². The van der Waals surface area contributed by atoms with E-state index in [2.05, 4.69) is 56.2 Å². The molecule has 0 saturated heterocycles. The van der Waals surface area contributed by atoms with Crippen LogP contribution in [0.5, 0.6) is 5.88 Å². The van der Waals surface area contributed by atoms with E-state index in [1.54, 1.807) is 0 Å². The number of benzene rings is 1. The van der Waals surface area contributed by atoms with Crippen LogP contribution in [0, 0.1) is 5.92 Å². The smallest absolute Gasteiger partial charge is 0.221 e. The lowest BCUT2D eigenvalue weighted by molar-refractivity contribution is 0.264. The topological polar surface area (TPSA) is 34.1 Å². The van der Waals surface area contributed by atoms with Gasteiger partial charge in [0, 0.05) is 18.0 Å². The van der Waals surface area contributed by atoms with Crippen LogP contribution in [0.3, 0.4) is 0 Å². The van der Waals surface area contributed by atoms with Crippen molar-refractivity contribution in [2.24, 2.45) is 5.92 Å². The number of hydrogen-bond acceptors (Lipinski definition) is 3. The standard InChI is InChI=1S/C17H24N2O/c1-12(2)11-20-17-16-8-6-5-7-14(16)9-15(19-17)10-18-13(3)4/h5-9,12-13,18H,10-11H2,1-4H3. The maximum atomic E-state index is 5.89. The largest absolute Gasteiger partial charge is 0.477 e. The van der Waals surface area contributed by atoms with Gasteiger partial charge in [0.2, 0.25) is 5.88 Å². The highest BCUT2D eigenvalue weighted by atomic mass is 16.5. The molecule has 1 heterocycles. The zero-order chi connectivity index (χ0) is 14.5. The summed E-state index contributed by atoms with van der Waals surface area (Å²) in [5.74, 6) is 1.24. The number of rotatable bonds is 6. The fraction of sp³-hybridized carbons (Fsp3) is 0.471. The van der Waals surface area contributed by atoms with E-state index in [1.807, 2.05) is 12.1 Å². The van der Waals surface area contributed by atoms with Crippen molar-refractivity contribution in [3.05, 3.63) is 36.0 Å². The molecule has 3 heteroatoms. The molecule has 3 nitrogen and oxygen atoms in total. The first-order valence-corrected chi connectivity index (χ1v) is 7.31. The molecule has 1 aromatic carbocycles. The number of aromatic nitrogens is 1. The fourth-order valence-electron chi connectivity index (χ4n) is 1.97. The lowest BCUT2D eigenvalue weighted by Crippen LogP contribution is -2.22. The molecule has 2 aromatic rings. The summed E-state index contributed by atoms with van der Waals surface area (Å²) < 4.78 is 5.89. The van der Waals surface area contributed by atoms with E-state index in [9.17, 15) is 0 Å². The van der Waals surface area contributed by atoms with Gasteiger partial charge in [-0.1, -0.05) is 45.9 Å². The Morgan fingerprint density at radius 3 is 2.60 bits per heavy atom. The minimum absolute atomic E-state index is 0.448. The van der Waals surface area contributed by atoms with Crippen LogP contribution in [-0.2, 0) is 6.54 Å². The second-order valence-corrected chi connectivity index (χ2v) is 5.88. The third-order valence-electron chi connectivity index (χ3n) is 3.00. The van der Waals surface area contributed by atoms with Crippen LogP contribution in [0.2, 0.25) is 0 Å². The van der Waals surface area contributed by atoms with Crippen LogP contribution in [0.25, 0.3) is 10.8 Å². The summed E-state index contributed by atoms with van der Waals surface area (Å²) >= 11 is 0. The molecule has 0 radical (unpaired) electrons. The summed E-state index contributed by atoms with van der Waals surface area (Å²) in [7, 11) is 0. The Kier molecular flexibility index (Phi) is 4.96. The lowest BCUT2D eigenvalue weighted by atomic mass is 10.1. The predicted octanol–water partition coefficient (Wildman–Crippen LogP) is 3.77. The summed E-state index contributed by atoms with van der Waals surface area (Å²) in [6.45, 7) is 10.0. The van der Waals surface area contributed by atoms with Crippen LogP contribution in [0.4, 0.5) is 0 Å². The zero-order valence-corrected chi connectivity index (χ0v) is 12.8. The van der Waals surface area contributed by atoms with E-state index in [1.165, 1.54) is 5.39 Å². The summed E-state index contributed by atoms with van der Waals surface area (Å²) in [6.07, 6.45) is 0. The van der Waals surface area contributed by atoms with Gasteiger partial charge in [0.1, 0.15) is 0 Å². The number of pyridine rings is 1. The van der Waals surface area contributed by atoms with Crippen LogP contribution in [0.1, 0.15) is 33.4 Å². The first-order valence-electron chi connectivity index (χ1n) is 7.31. The summed E-state index contributed by atoms with van der Waals surface area (Å²) in [6, 6.07) is 10.8. The summed E-state index contributed by atoms with van der Waals surface area (Å²) in [5.41, 5.74) is 1.02. The third-order valence-corrected chi connectivity index (χ3v) is 3.00. The van der Waals surface area contributed by atoms with Crippen LogP contribution < -0.4 is 10.1 Å². The minimum Gasteiger partial charge on any atom is -0.477 e. The first kappa shape index (κ1) is 14.8. The Bertz CT molecular complexity index is 564. The van der Waals surface area contributed by atoms with Gasteiger partial charge in [-0.3, -0.25) is 0 Å². The van der Waals surface area contributed by atoms with Gasteiger partial charge in [0.05, 0.1) is 12.3 Å². The van der Waals surface area contributed by atoms with E-state index >= 15 is 0 Å². The summed E-state index contributed by atoms with van der Waals surface area (Å²) in [4.78, 5) is 4.66. The lowest BCUT2D eigenvalue weighted by Gasteiger charge is -2.13. The molecule has 0 aliphatic carbocycles. The van der Waals surface area contributed by atoms with Gasteiger partial charge in [-0.15, -0.1) is 0 Å². The average Bonchev–Trinajstić information content (AvgIpc) is 2.42. The molecule has 1 N–H and O–H groups in total. The second-order valence-electron chi connectivity index (χ2n) is 5.88. The van der Waals surface area contributed by atoms with Gasteiger partial charge < -0.3 is 10.1 Å². The van der Waals surface area contributed by atoms with Crippen molar-refractivity contribution in [3.63, 3.8) is 0 Å². The molecule has 0 spiro atoms. The Labute approximate surface area is 121 Å². The second kappa shape index (κ2) is 6.71. The molecule has 0 aliphatic rings. The molecule has 0 unspecified atom stereocenters. The number of ether oxygens (including phenoxy) is 1. The zero-order valence-electron chi connectivity index (χ0n) is 12.8.